The summed E-state index contributed by atoms with van der Waals surface area (Å²) in [4.78, 5) is 35.5. The number of amides is 2. The van der Waals surface area contributed by atoms with E-state index >= 15 is 0 Å². The summed E-state index contributed by atoms with van der Waals surface area (Å²) in [6.45, 7) is 2.36. The zero-order valence-corrected chi connectivity index (χ0v) is 16.7. The van der Waals surface area contributed by atoms with E-state index in [2.05, 4.69) is 17.6 Å². The van der Waals surface area contributed by atoms with Crippen LogP contribution in [0.3, 0.4) is 0 Å². The van der Waals surface area contributed by atoms with Crippen molar-refractivity contribution < 1.29 is 23.9 Å². The number of ether oxygens (including phenoxy) is 2. The number of carbonyl (C=O) groups excluding carboxylic acids is 3. The second-order valence-electron chi connectivity index (χ2n) is 6.36. The first-order chi connectivity index (χ1) is 14.0. The Morgan fingerprint density at radius 2 is 1.55 bits per heavy atom. The maximum absolute atomic E-state index is 12.1. The molecule has 154 valence electrons. The van der Waals surface area contributed by atoms with Crippen molar-refractivity contribution in [3.8, 4) is 5.75 Å². The highest BCUT2D eigenvalue weighted by molar-refractivity contribution is 5.97. The first-order valence-electron chi connectivity index (χ1n) is 9.55. The van der Waals surface area contributed by atoms with Crippen molar-refractivity contribution >= 4 is 23.5 Å². The highest BCUT2D eigenvalue weighted by atomic mass is 16.5. The third-order valence-electron chi connectivity index (χ3n) is 4.10. The fraction of sp³-hybridized carbons (Fsp3) is 0.318. The summed E-state index contributed by atoms with van der Waals surface area (Å²) in [5, 5.41) is 5.12. The number of carbonyl (C=O) groups is 3. The van der Waals surface area contributed by atoms with Gasteiger partial charge in [0.1, 0.15) is 5.75 Å². The Balaban J connectivity index is 1.77. The van der Waals surface area contributed by atoms with E-state index in [-0.39, 0.29) is 5.91 Å². The number of esters is 1. The van der Waals surface area contributed by atoms with Gasteiger partial charge in [-0.05, 0) is 55.0 Å². The molecule has 2 aromatic carbocycles. The summed E-state index contributed by atoms with van der Waals surface area (Å²) >= 11 is 0. The van der Waals surface area contributed by atoms with Crippen molar-refractivity contribution in [3.05, 3.63) is 59.7 Å². The molecule has 0 saturated carbocycles. The van der Waals surface area contributed by atoms with Gasteiger partial charge in [0.25, 0.3) is 11.8 Å². The molecule has 0 fully saturated rings. The third-order valence-corrected chi connectivity index (χ3v) is 4.10. The fourth-order valence-electron chi connectivity index (χ4n) is 2.49. The van der Waals surface area contributed by atoms with Crippen LogP contribution in [0.1, 0.15) is 46.9 Å². The Hall–Kier alpha value is -3.35. The van der Waals surface area contributed by atoms with Crippen LogP contribution in [0.5, 0.6) is 5.75 Å². The molecule has 0 aliphatic heterocycles. The minimum atomic E-state index is -0.590. The van der Waals surface area contributed by atoms with Crippen LogP contribution in [-0.4, -0.2) is 38.0 Å². The van der Waals surface area contributed by atoms with Crippen molar-refractivity contribution in [1.29, 1.82) is 0 Å². The monoisotopic (exact) mass is 398 g/mol. The summed E-state index contributed by atoms with van der Waals surface area (Å²) in [5.41, 5.74) is 1.33. The quantitative estimate of drug-likeness (QED) is 0.472. The standard InChI is InChI=1S/C22H26N2O5/c1-3-4-5-14-28-19-12-8-17(9-13-19)22(27)29-15-20(25)24-18-10-6-16(7-11-18)21(26)23-2/h6-13H,3-5,14-15H2,1-2H3,(H,23,26)(H,24,25). The maximum atomic E-state index is 12.1. The van der Waals surface area contributed by atoms with Crippen molar-refractivity contribution in [2.45, 2.75) is 26.2 Å². The second kappa shape index (κ2) is 11.5. The van der Waals surface area contributed by atoms with Crippen molar-refractivity contribution in [2.75, 3.05) is 25.6 Å². The van der Waals surface area contributed by atoms with E-state index in [1.807, 2.05) is 0 Å². The summed E-state index contributed by atoms with van der Waals surface area (Å²) < 4.78 is 10.6. The summed E-state index contributed by atoms with van der Waals surface area (Å²) in [5.74, 6) is -0.584. The molecule has 0 unspecified atom stereocenters. The van der Waals surface area contributed by atoms with E-state index in [4.69, 9.17) is 9.47 Å². The molecule has 0 atom stereocenters. The summed E-state index contributed by atoms with van der Waals surface area (Å²) in [6.07, 6.45) is 3.23. The zero-order chi connectivity index (χ0) is 21.1. The van der Waals surface area contributed by atoms with Crippen LogP contribution in [0, 0.1) is 0 Å². The summed E-state index contributed by atoms with van der Waals surface area (Å²) in [7, 11) is 1.54. The second-order valence-corrected chi connectivity index (χ2v) is 6.36. The van der Waals surface area contributed by atoms with Gasteiger partial charge in [0, 0.05) is 18.3 Å². The van der Waals surface area contributed by atoms with Gasteiger partial charge in [0.15, 0.2) is 6.61 Å². The topological polar surface area (TPSA) is 93.7 Å². The van der Waals surface area contributed by atoms with Crippen molar-refractivity contribution in [1.82, 2.24) is 5.32 Å². The van der Waals surface area contributed by atoms with Gasteiger partial charge in [-0.25, -0.2) is 4.79 Å². The fourth-order valence-corrected chi connectivity index (χ4v) is 2.49. The Labute approximate surface area is 170 Å². The molecule has 29 heavy (non-hydrogen) atoms. The first-order valence-corrected chi connectivity index (χ1v) is 9.55. The van der Waals surface area contributed by atoms with Gasteiger partial charge in [-0.3, -0.25) is 9.59 Å². The average Bonchev–Trinajstić information content (AvgIpc) is 2.75. The average molecular weight is 398 g/mol. The number of rotatable bonds is 10. The van der Waals surface area contributed by atoms with Crippen LogP contribution in [-0.2, 0) is 9.53 Å². The first kappa shape index (κ1) is 21.9. The Morgan fingerprint density at radius 1 is 0.897 bits per heavy atom. The molecule has 2 rings (SSSR count). The molecule has 2 amide bonds. The maximum Gasteiger partial charge on any atom is 0.338 e. The largest absolute Gasteiger partial charge is 0.494 e. The smallest absolute Gasteiger partial charge is 0.338 e. The lowest BCUT2D eigenvalue weighted by molar-refractivity contribution is -0.119. The minimum Gasteiger partial charge on any atom is -0.494 e. The molecule has 7 heteroatoms. The van der Waals surface area contributed by atoms with Crippen LogP contribution < -0.4 is 15.4 Å². The molecule has 0 spiro atoms. The lowest BCUT2D eigenvalue weighted by Crippen LogP contribution is -2.21. The number of unbranched alkanes of at least 4 members (excludes halogenated alkanes) is 2. The molecule has 0 aliphatic carbocycles. The molecule has 2 N–H and O–H groups in total. The predicted molar refractivity (Wildman–Crippen MR) is 110 cm³/mol. The molecular formula is C22H26N2O5. The molecular weight excluding hydrogens is 372 g/mol. The molecule has 0 saturated heterocycles. The third kappa shape index (κ3) is 7.29. The molecule has 2 aromatic rings. The lowest BCUT2D eigenvalue weighted by atomic mass is 10.2. The van der Waals surface area contributed by atoms with Gasteiger partial charge in [0.2, 0.25) is 0 Å². The normalized spacial score (nSPS) is 10.1. The number of benzene rings is 2. The Bertz CT molecular complexity index is 816. The zero-order valence-electron chi connectivity index (χ0n) is 16.7. The van der Waals surface area contributed by atoms with Crippen LogP contribution in [0.15, 0.2) is 48.5 Å². The van der Waals surface area contributed by atoms with Gasteiger partial charge >= 0.3 is 5.97 Å². The molecule has 0 aromatic heterocycles. The van der Waals surface area contributed by atoms with Gasteiger partial charge in [-0.1, -0.05) is 19.8 Å². The van der Waals surface area contributed by atoms with E-state index in [0.29, 0.717) is 29.2 Å². The number of hydrogen-bond acceptors (Lipinski definition) is 5. The molecule has 0 radical (unpaired) electrons. The molecule has 0 bridgehead atoms. The highest BCUT2D eigenvalue weighted by Gasteiger charge is 2.11. The van der Waals surface area contributed by atoms with Crippen molar-refractivity contribution in [2.24, 2.45) is 0 Å². The van der Waals surface area contributed by atoms with Gasteiger partial charge in [0.05, 0.1) is 12.2 Å². The molecule has 0 heterocycles. The van der Waals surface area contributed by atoms with Crippen LogP contribution in [0.4, 0.5) is 5.69 Å². The summed E-state index contributed by atoms with van der Waals surface area (Å²) in [6, 6.07) is 13.0. The van der Waals surface area contributed by atoms with E-state index in [1.165, 1.54) is 0 Å². The van der Waals surface area contributed by atoms with E-state index < -0.39 is 18.5 Å². The number of hydrogen-bond donors (Lipinski definition) is 2. The number of nitrogens with one attached hydrogen (secondary N) is 2. The Kier molecular flexibility index (Phi) is 8.69. The Morgan fingerprint density at radius 3 is 2.17 bits per heavy atom. The van der Waals surface area contributed by atoms with Crippen LogP contribution in [0.2, 0.25) is 0 Å². The van der Waals surface area contributed by atoms with Crippen LogP contribution >= 0.6 is 0 Å². The van der Waals surface area contributed by atoms with Gasteiger partial charge in [-0.15, -0.1) is 0 Å². The van der Waals surface area contributed by atoms with Crippen molar-refractivity contribution in [3.63, 3.8) is 0 Å². The minimum absolute atomic E-state index is 0.214. The SMILES string of the molecule is CCCCCOc1ccc(C(=O)OCC(=O)Nc2ccc(C(=O)NC)cc2)cc1. The van der Waals surface area contributed by atoms with Gasteiger partial charge in [-0.2, -0.15) is 0 Å². The number of anilines is 1. The molecule has 7 nitrogen and oxygen atoms in total. The van der Waals surface area contributed by atoms with E-state index in [9.17, 15) is 14.4 Å². The van der Waals surface area contributed by atoms with E-state index in [0.717, 1.165) is 19.3 Å². The predicted octanol–water partition coefficient (Wildman–Crippen LogP) is 3.41. The van der Waals surface area contributed by atoms with Gasteiger partial charge < -0.3 is 20.1 Å². The lowest BCUT2D eigenvalue weighted by Gasteiger charge is -2.08. The van der Waals surface area contributed by atoms with E-state index in [1.54, 1.807) is 55.6 Å². The molecule has 0 aliphatic rings. The van der Waals surface area contributed by atoms with Crippen LogP contribution in [0.25, 0.3) is 0 Å². The highest BCUT2D eigenvalue weighted by Crippen LogP contribution is 2.14.